The Kier molecular flexibility index (Phi) is 6.03. The predicted octanol–water partition coefficient (Wildman–Crippen LogP) is 4.81. The summed E-state index contributed by atoms with van der Waals surface area (Å²) in [6.07, 6.45) is 0. The molecule has 2 rings (SSSR count). The molecule has 0 bridgehead atoms. The highest BCUT2D eigenvalue weighted by molar-refractivity contribution is 6.31. The van der Waals surface area contributed by atoms with Crippen molar-refractivity contribution in [3.8, 4) is 0 Å². The molecule has 2 amide bonds. The number of carbonyl (C=O) groups is 2. The minimum absolute atomic E-state index is 0.0955. The minimum Gasteiger partial charge on any atom is -0.325 e. The number of rotatable bonds is 5. The fraction of sp³-hybridized carbons (Fsp3) is 0.300. The second-order valence-electron chi connectivity index (χ2n) is 6.60. The smallest absolute Gasteiger partial charge is 0.242 e. The molecule has 0 saturated heterocycles. The van der Waals surface area contributed by atoms with E-state index in [4.69, 9.17) is 11.6 Å². The summed E-state index contributed by atoms with van der Waals surface area (Å²) in [7, 11) is 0. The zero-order chi connectivity index (χ0) is 19.5. The summed E-state index contributed by atoms with van der Waals surface area (Å²) in [6, 6.07) is 11.4. The second-order valence-corrected chi connectivity index (χ2v) is 7.00. The molecule has 6 heteroatoms. The monoisotopic (exact) mass is 376 g/mol. The topological polar surface area (TPSA) is 49.4 Å². The Hall–Kier alpha value is -2.40. The lowest BCUT2D eigenvalue weighted by atomic mass is 9.89. The number of hydrogen-bond acceptors (Lipinski definition) is 2. The highest BCUT2D eigenvalue weighted by Crippen LogP contribution is 2.27. The number of nitrogens with one attached hydrogen (secondary N) is 1. The van der Waals surface area contributed by atoms with E-state index in [1.807, 2.05) is 38.1 Å². The molecule has 0 aromatic heterocycles. The van der Waals surface area contributed by atoms with Gasteiger partial charge in [-0.05, 0) is 63.6 Å². The van der Waals surface area contributed by atoms with Crippen molar-refractivity contribution < 1.29 is 14.0 Å². The van der Waals surface area contributed by atoms with Gasteiger partial charge in [-0.25, -0.2) is 4.39 Å². The third-order valence-electron chi connectivity index (χ3n) is 4.15. The second kappa shape index (κ2) is 7.87. The minimum atomic E-state index is -1.32. The van der Waals surface area contributed by atoms with E-state index in [2.05, 4.69) is 5.32 Å². The third-order valence-corrected chi connectivity index (χ3v) is 4.44. The van der Waals surface area contributed by atoms with Gasteiger partial charge in [-0.1, -0.05) is 23.7 Å². The van der Waals surface area contributed by atoms with Crippen LogP contribution in [0.15, 0.2) is 42.5 Å². The lowest BCUT2D eigenvalue weighted by Gasteiger charge is -2.30. The summed E-state index contributed by atoms with van der Waals surface area (Å²) in [5, 5.41) is 2.54. The number of hydrogen-bond donors (Lipinski definition) is 1. The number of halogens is 2. The number of carbonyl (C=O) groups excluding carboxylic acids is 2. The van der Waals surface area contributed by atoms with Gasteiger partial charge >= 0.3 is 0 Å². The van der Waals surface area contributed by atoms with Crippen LogP contribution in [0.1, 0.15) is 26.3 Å². The van der Waals surface area contributed by atoms with Crippen LogP contribution in [0.3, 0.4) is 0 Å². The highest BCUT2D eigenvalue weighted by Gasteiger charge is 2.39. The molecule has 26 heavy (non-hydrogen) atoms. The molecule has 0 fully saturated rings. The first-order valence-electron chi connectivity index (χ1n) is 8.32. The molecule has 0 saturated carbocycles. The first-order chi connectivity index (χ1) is 12.2. The van der Waals surface area contributed by atoms with Crippen LogP contribution in [0.2, 0.25) is 5.02 Å². The van der Waals surface area contributed by atoms with Crippen molar-refractivity contribution in [2.75, 3.05) is 16.8 Å². The van der Waals surface area contributed by atoms with Crippen LogP contribution in [0.25, 0.3) is 0 Å². The predicted molar refractivity (Wildman–Crippen MR) is 103 cm³/mol. The molecule has 138 valence electrons. The van der Waals surface area contributed by atoms with Gasteiger partial charge in [-0.15, -0.1) is 0 Å². The lowest BCUT2D eigenvalue weighted by molar-refractivity contribution is -0.136. The van der Waals surface area contributed by atoms with Crippen LogP contribution in [-0.2, 0) is 9.59 Å². The zero-order valence-electron chi connectivity index (χ0n) is 15.3. The van der Waals surface area contributed by atoms with Crippen LogP contribution in [0.5, 0.6) is 0 Å². The SMILES string of the molecule is CCN(C(=O)C(C)(C)C(=O)Nc1ccc(F)c(Cl)c1)c1cccc(C)c1. The number of benzene rings is 2. The summed E-state index contributed by atoms with van der Waals surface area (Å²) < 4.78 is 13.3. The van der Waals surface area contributed by atoms with E-state index >= 15 is 0 Å². The van der Waals surface area contributed by atoms with Gasteiger partial charge in [0.2, 0.25) is 11.8 Å². The van der Waals surface area contributed by atoms with Crippen molar-refractivity contribution in [3.05, 3.63) is 58.9 Å². The van der Waals surface area contributed by atoms with Crippen molar-refractivity contribution >= 4 is 34.8 Å². The summed E-state index contributed by atoms with van der Waals surface area (Å²) in [5.74, 6) is -1.39. The Morgan fingerprint density at radius 3 is 2.46 bits per heavy atom. The standard InChI is InChI=1S/C20H22ClFN2O2/c1-5-24(15-8-6-7-13(2)11-15)19(26)20(3,4)18(25)23-14-9-10-17(22)16(21)12-14/h6-12H,5H2,1-4H3,(H,23,25). The molecule has 0 spiro atoms. The third kappa shape index (κ3) is 4.22. The summed E-state index contributed by atoms with van der Waals surface area (Å²) in [5.41, 5.74) is 0.779. The quantitative estimate of drug-likeness (QED) is 0.761. The van der Waals surface area contributed by atoms with Gasteiger partial charge in [0.25, 0.3) is 0 Å². The molecule has 0 aliphatic carbocycles. The van der Waals surface area contributed by atoms with Crippen molar-refractivity contribution in [2.24, 2.45) is 5.41 Å². The first kappa shape index (κ1) is 19.9. The maximum absolute atomic E-state index is 13.3. The fourth-order valence-electron chi connectivity index (χ4n) is 2.54. The summed E-state index contributed by atoms with van der Waals surface area (Å²) >= 11 is 5.74. The van der Waals surface area contributed by atoms with Crippen molar-refractivity contribution in [1.29, 1.82) is 0 Å². The molecule has 0 unspecified atom stereocenters. The van der Waals surface area contributed by atoms with Crippen LogP contribution in [-0.4, -0.2) is 18.4 Å². The van der Waals surface area contributed by atoms with E-state index in [0.29, 0.717) is 12.2 Å². The van der Waals surface area contributed by atoms with Gasteiger partial charge < -0.3 is 10.2 Å². The Bertz CT molecular complexity index is 836. The Morgan fingerprint density at radius 2 is 1.88 bits per heavy atom. The Labute approximate surface area is 158 Å². The van der Waals surface area contributed by atoms with Gasteiger partial charge in [0, 0.05) is 17.9 Å². The molecule has 0 aliphatic heterocycles. The molecule has 0 heterocycles. The lowest BCUT2D eigenvalue weighted by Crippen LogP contribution is -2.47. The molecule has 4 nitrogen and oxygen atoms in total. The average Bonchev–Trinajstić information content (AvgIpc) is 2.58. The summed E-state index contributed by atoms with van der Waals surface area (Å²) in [4.78, 5) is 27.3. The van der Waals surface area contributed by atoms with Crippen LogP contribution in [0.4, 0.5) is 15.8 Å². The summed E-state index contributed by atoms with van der Waals surface area (Å²) in [6.45, 7) is 7.36. The first-order valence-corrected chi connectivity index (χ1v) is 8.69. The van der Waals surface area contributed by atoms with E-state index in [0.717, 1.165) is 17.3 Å². The van der Waals surface area contributed by atoms with Gasteiger partial charge in [-0.3, -0.25) is 9.59 Å². The Morgan fingerprint density at radius 1 is 1.19 bits per heavy atom. The highest BCUT2D eigenvalue weighted by atomic mass is 35.5. The fourth-order valence-corrected chi connectivity index (χ4v) is 2.72. The molecule has 0 radical (unpaired) electrons. The van der Waals surface area contributed by atoms with E-state index < -0.39 is 17.1 Å². The normalized spacial score (nSPS) is 11.2. The molecule has 0 aliphatic rings. The number of aryl methyl sites for hydroxylation is 1. The number of nitrogens with zero attached hydrogens (tertiary/aromatic N) is 1. The van der Waals surface area contributed by atoms with E-state index in [1.54, 1.807) is 18.7 Å². The van der Waals surface area contributed by atoms with Gasteiger partial charge in [0.1, 0.15) is 11.2 Å². The molecule has 2 aromatic carbocycles. The molecule has 2 aromatic rings. The van der Waals surface area contributed by atoms with E-state index in [-0.39, 0.29) is 10.9 Å². The number of anilines is 2. The maximum atomic E-state index is 13.3. The van der Waals surface area contributed by atoms with Crippen LogP contribution in [0, 0.1) is 18.2 Å². The Balaban J connectivity index is 2.24. The molecular weight excluding hydrogens is 355 g/mol. The largest absolute Gasteiger partial charge is 0.325 e. The average molecular weight is 377 g/mol. The van der Waals surface area contributed by atoms with E-state index in [1.165, 1.54) is 12.1 Å². The van der Waals surface area contributed by atoms with Crippen LogP contribution >= 0.6 is 11.6 Å². The maximum Gasteiger partial charge on any atom is 0.242 e. The van der Waals surface area contributed by atoms with Gasteiger partial charge in [0.15, 0.2) is 0 Å². The van der Waals surface area contributed by atoms with E-state index in [9.17, 15) is 14.0 Å². The van der Waals surface area contributed by atoms with Crippen molar-refractivity contribution in [1.82, 2.24) is 0 Å². The number of amides is 2. The van der Waals surface area contributed by atoms with Gasteiger partial charge in [-0.2, -0.15) is 0 Å². The molecule has 0 atom stereocenters. The van der Waals surface area contributed by atoms with Crippen LogP contribution < -0.4 is 10.2 Å². The van der Waals surface area contributed by atoms with Gasteiger partial charge in [0.05, 0.1) is 5.02 Å². The molecule has 1 N–H and O–H groups in total. The van der Waals surface area contributed by atoms with Crippen molar-refractivity contribution in [3.63, 3.8) is 0 Å². The molecular formula is C20H22ClFN2O2. The zero-order valence-corrected chi connectivity index (χ0v) is 16.0. The van der Waals surface area contributed by atoms with Crippen molar-refractivity contribution in [2.45, 2.75) is 27.7 Å².